The number of nitrogens with one attached hydrogen (secondary N) is 1. The highest BCUT2D eigenvalue weighted by Gasteiger charge is 2.25. The lowest BCUT2D eigenvalue weighted by Gasteiger charge is -2.23. The number of hydrogen-bond acceptors (Lipinski definition) is 2. The predicted molar refractivity (Wildman–Crippen MR) is 93.4 cm³/mol. The third-order valence-electron chi connectivity index (χ3n) is 4.85. The van der Waals surface area contributed by atoms with Crippen molar-refractivity contribution in [3.8, 4) is 0 Å². The van der Waals surface area contributed by atoms with Gasteiger partial charge in [-0.15, -0.1) is 0 Å². The van der Waals surface area contributed by atoms with Gasteiger partial charge in [-0.1, -0.05) is 37.1 Å². The summed E-state index contributed by atoms with van der Waals surface area (Å²) in [6.07, 6.45) is 5.88. The maximum atomic E-state index is 12.4. The molecule has 1 aliphatic heterocycles. The zero-order valence-corrected chi connectivity index (χ0v) is 14.2. The van der Waals surface area contributed by atoms with E-state index in [9.17, 15) is 4.79 Å². The van der Waals surface area contributed by atoms with Crippen molar-refractivity contribution in [2.75, 3.05) is 18.8 Å². The van der Waals surface area contributed by atoms with Gasteiger partial charge in [0.2, 0.25) is 0 Å². The van der Waals surface area contributed by atoms with Crippen LogP contribution in [-0.2, 0) is 0 Å². The van der Waals surface area contributed by atoms with Gasteiger partial charge in [0.1, 0.15) is 0 Å². The molecule has 1 unspecified atom stereocenters. The van der Waals surface area contributed by atoms with E-state index in [1.165, 1.54) is 24.0 Å². The van der Waals surface area contributed by atoms with Crippen LogP contribution in [0.3, 0.4) is 0 Å². The highest BCUT2D eigenvalue weighted by atomic mass is 32.2. The largest absolute Gasteiger partial charge is 0.335 e. The van der Waals surface area contributed by atoms with E-state index < -0.39 is 0 Å². The average molecular weight is 318 g/mol. The Morgan fingerprint density at radius 3 is 2.73 bits per heavy atom. The van der Waals surface area contributed by atoms with Gasteiger partial charge in [0.15, 0.2) is 0 Å². The fourth-order valence-corrected chi connectivity index (χ4v) is 4.83. The molecular weight excluding hydrogens is 292 g/mol. The van der Waals surface area contributed by atoms with Gasteiger partial charge in [-0.3, -0.25) is 0 Å². The molecule has 0 bridgehead atoms. The first-order valence-corrected chi connectivity index (χ1v) is 9.51. The molecule has 3 nitrogen and oxygen atoms in total. The zero-order valence-electron chi connectivity index (χ0n) is 13.4. The van der Waals surface area contributed by atoms with Gasteiger partial charge >= 0.3 is 6.03 Å². The van der Waals surface area contributed by atoms with Crippen LogP contribution in [0.15, 0.2) is 24.3 Å². The number of urea groups is 1. The van der Waals surface area contributed by atoms with Crippen LogP contribution < -0.4 is 5.32 Å². The van der Waals surface area contributed by atoms with Crippen LogP contribution in [0.4, 0.5) is 4.79 Å². The van der Waals surface area contributed by atoms with Crippen LogP contribution in [0.5, 0.6) is 0 Å². The van der Waals surface area contributed by atoms with Crippen LogP contribution in [0.25, 0.3) is 0 Å². The number of carbonyl (C=O) groups excluding carboxylic acids is 1. The molecule has 22 heavy (non-hydrogen) atoms. The summed E-state index contributed by atoms with van der Waals surface area (Å²) in [5, 5.41) is 3.74. The lowest BCUT2D eigenvalue weighted by atomic mass is 10.0. The van der Waals surface area contributed by atoms with Gasteiger partial charge in [-0.2, -0.15) is 11.8 Å². The van der Waals surface area contributed by atoms with Gasteiger partial charge in [-0.05, 0) is 37.3 Å². The number of nitrogens with zero attached hydrogens (tertiary/aromatic N) is 1. The minimum Gasteiger partial charge on any atom is -0.335 e. The second-order valence-corrected chi connectivity index (χ2v) is 7.73. The van der Waals surface area contributed by atoms with E-state index in [4.69, 9.17) is 0 Å². The van der Waals surface area contributed by atoms with Gasteiger partial charge < -0.3 is 10.2 Å². The third-order valence-corrected chi connectivity index (χ3v) is 6.16. The summed E-state index contributed by atoms with van der Waals surface area (Å²) >= 11 is 1.99. The highest BCUT2D eigenvalue weighted by Crippen LogP contribution is 2.35. The number of amides is 2. The standard InChI is InChI=1S/C18H26N2OS/c1-14-6-2-5-9-16(14)17-10-11-20(12-13-22-17)18(21)19-15-7-3-4-8-15/h2,5-6,9,15,17H,3-4,7-8,10-13H2,1H3,(H,19,21). The van der Waals surface area contributed by atoms with Crippen molar-refractivity contribution in [3.05, 3.63) is 35.4 Å². The van der Waals surface area contributed by atoms with Gasteiger partial charge in [0, 0.05) is 30.1 Å². The Hall–Kier alpha value is -1.16. The van der Waals surface area contributed by atoms with Crippen molar-refractivity contribution in [2.24, 2.45) is 0 Å². The highest BCUT2D eigenvalue weighted by molar-refractivity contribution is 7.99. The summed E-state index contributed by atoms with van der Waals surface area (Å²) < 4.78 is 0. The minimum absolute atomic E-state index is 0.151. The minimum atomic E-state index is 0.151. The van der Waals surface area contributed by atoms with Gasteiger partial charge in [0.25, 0.3) is 0 Å². The summed E-state index contributed by atoms with van der Waals surface area (Å²) in [7, 11) is 0. The Morgan fingerprint density at radius 1 is 1.18 bits per heavy atom. The molecule has 1 saturated carbocycles. The molecule has 2 amide bonds. The first kappa shape index (κ1) is 15.7. The smallest absolute Gasteiger partial charge is 0.317 e. The van der Waals surface area contributed by atoms with Crippen molar-refractivity contribution >= 4 is 17.8 Å². The average Bonchev–Trinajstić information content (AvgIpc) is 2.90. The number of rotatable bonds is 2. The maximum Gasteiger partial charge on any atom is 0.317 e. The molecule has 0 aromatic heterocycles. The molecule has 0 radical (unpaired) electrons. The second kappa shape index (κ2) is 7.40. The van der Waals surface area contributed by atoms with E-state index in [1.54, 1.807) is 0 Å². The molecule has 3 rings (SSSR count). The molecule has 1 aliphatic carbocycles. The van der Waals surface area contributed by atoms with Crippen LogP contribution in [0.2, 0.25) is 0 Å². The molecule has 1 aromatic rings. The van der Waals surface area contributed by atoms with E-state index in [1.807, 2.05) is 16.7 Å². The molecular formula is C18H26N2OS. The van der Waals surface area contributed by atoms with Crippen LogP contribution in [0.1, 0.15) is 48.5 Å². The lowest BCUT2D eigenvalue weighted by Crippen LogP contribution is -2.44. The third kappa shape index (κ3) is 3.78. The summed E-state index contributed by atoms with van der Waals surface area (Å²) in [5.74, 6) is 1.02. The van der Waals surface area contributed by atoms with Crippen LogP contribution in [0, 0.1) is 6.92 Å². The van der Waals surface area contributed by atoms with Crippen molar-refractivity contribution in [3.63, 3.8) is 0 Å². The second-order valence-electron chi connectivity index (χ2n) is 6.42. The summed E-state index contributed by atoms with van der Waals surface area (Å²) in [4.78, 5) is 14.4. The number of aryl methyl sites for hydroxylation is 1. The van der Waals surface area contributed by atoms with Gasteiger partial charge in [0.05, 0.1) is 0 Å². The van der Waals surface area contributed by atoms with Gasteiger partial charge in [-0.25, -0.2) is 4.79 Å². The molecule has 1 saturated heterocycles. The fraction of sp³-hybridized carbons (Fsp3) is 0.611. The summed E-state index contributed by atoms with van der Waals surface area (Å²) in [6, 6.07) is 9.21. The molecule has 1 atom stereocenters. The number of hydrogen-bond donors (Lipinski definition) is 1. The Kier molecular flexibility index (Phi) is 5.29. The van der Waals surface area contributed by atoms with Crippen molar-refractivity contribution in [1.29, 1.82) is 0 Å². The lowest BCUT2D eigenvalue weighted by molar-refractivity contribution is 0.197. The Balaban J connectivity index is 1.57. The normalized spacial score (nSPS) is 23.3. The van der Waals surface area contributed by atoms with Crippen molar-refractivity contribution in [2.45, 2.75) is 50.3 Å². The molecule has 120 valence electrons. The summed E-state index contributed by atoms with van der Waals surface area (Å²) in [6.45, 7) is 3.92. The van der Waals surface area contributed by atoms with E-state index in [-0.39, 0.29) is 6.03 Å². The van der Waals surface area contributed by atoms with Crippen molar-refractivity contribution < 1.29 is 4.79 Å². The molecule has 0 spiro atoms. The summed E-state index contributed by atoms with van der Waals surface area (Å²) in [5.41, 5.74) is 2.80. The molecule has 4 heteroatoms. The van der Waals surface area contributed by atoms with E-state index in [2.05, 4.69) is 36.5 Å². The number of carbonyl (C=O) groups is 1. The molecule has 1 N–H and O–H groups in total. The Morgan fingerprint density at radius 2 is 1.95 bits per heavy atom. The Bertz CT molecular complexity index is 514. The topological polar surface area (TPSA) is 32.3 Å². The van der Waals surface area contributed by atoms with Crippen molar-refractivity contribution in [1.82, 2.24) is 10.2 Å². The van der Waals surface area contributed by atoms with Crippen LogP contribution >= 0.6 is 11.8 Å². The Labute approximate surface area is 137 Å². The molecule has 1 heterocycles. The number of benzene rings is 1. The quantitative estimate of drug-likeness (QED) is 0.889. The number of thioether (sulfide) groups is 1. The fourth-order valence-electron chi connectivity index (χ4n) is 3.51. The van der Waals surface area contributed by atoms with E-state index >= 15 is 0 Å². The molecule has 2 fully saturated rings. The zero-order chi connectivity index (χ0) is 15.4. The van der Waals surface area contributed by atoms with Crippen LogP contribution in [-0.4, -0.2) is 35.8 Å². The molecule has 1 aromatic carbocycles. The monoisotopic (exact) mass is 318 g/mol. The predicted octanol–water partition coefficient (Wildman–Crippen LogP) is 4.13. The maximum absolute atomic E-state index is 12.4. The first-order valence-electron chi connectivity index (χ1n) is 8.46. The van der Waals surface area contributed by atoms with E-state index in [0.29, 0.717) is 11.3 Å². The SMILES string of the molecule is Cc1ccccc1C1CCN(C(=O)NC2CCCC2)CCS1. The van der Waals surface area contributed by atoms with E-state index in [0.717, 1.165) is 38.1 Å². The molecule has 2 aliphatic rings. The first-order chi connectivity index (χ1) is 10.7.